The van der Waals surface area contributed by atoms with E-state index in [1.165, 1.54) is 89.0 Å². The lowest BCUT2D eigenvalue weighted by Crippen LogP contribution is -2.16. The molecular weight excluding hydrogens is 961 g/mol. The van der Waals surface area contributed by atoms with Crippen LogP contribution in [0.3, 0.4) is 0 Å². The molecule has 13 rings (SSSR count). The predicted octanol–water partition coefficient (Wildman–Crippen LogP) is 19.9. The lowest BCUT2D eigenvalue weighted by molar-refractivity contribution is 0.414. The number of nitrogens with zero attached hydrogens (tertiary/aromatic N) is 2. The highest BCUT2D eigenvalue weighted by atomic mass is 16.5. The van der Waals surface area contributed by atoms with Crippen LogP contribution in [0, 0.1) is 0 Å². The molecule has 10 aromatic carbocycles. The molecule has 3 aliphatic carbocycles. The van der Waals surface area contributed by atoms with Crippen LogP contribution in [-0.4, -0.2) is 14.2 Å². The molecule has 0 aromatic heterocycles. The van der Waals surface area contributed by atoms with Gasteiger partial charge < -0.3 is 19.3 Å². The molecule has 0 saturated carbocycles. The van der Waals surface area contributed by atoms with E-state index in [1.807, 2.05) is 24.3 Å². The topological polar surface area (TPSA) is 24.9 Å². The largest absolute Gasteiger partial charge is 0.497 e. The van der Waals surface area contributed by atoms with Gasteiger partial charge in [-0.25, -0.2) is 0 Å². The number of hydrogen-bond acceptors (Lipinski definition) is 4. The van der Waals surface area contributed by atoms with Gasteiger partial charge in [0.05, 0.1) is 14.2 Å². The molecule has 4 nitrogen and oxygen atoms in total. The Kier molecular flexibility index (Phi) is 12.0. The quantitative estimate of drug-likeness (QED) is 0.114. The van der Waals surface area contributed by atoms with Crippen molar-refractivity contribution in [3.63, 3.8) is 0 Å². The van der Waals surface area contributed by atoms with Gasteiger partial charge in [-0.1, -0.05) is 187 Å². The Labute approximate surface area is 466 Å². The van der Waals surface area contributed by atoms with Crippen LogP contribution in [0.5, 0.6) is 11.5 Å². The second kappa shape index (κ2) is 19.1. The summed E-state index contributed by atoms with van der Waals surface area (Å²) in [6, 6.07) is 79.7. The molecular formula is C75H64N2O2. The maximum Gasteiger partial charge on any atom is 0.119 e. The van der Waals surface area contributed by atoms with Crippen molar-refractivity contribution < 1.29 is 9.47 Å². The summed E-state index contributed by atoms with van der Waals surface area (Å²) in [5, 5.41) is 0. The molecule has 0 unspecified atom stereocenters. The van der Waals surface area contributed by atoms with Crippen molar-refractivity contribution in [2.24, 2.45) is 0 Å². The molecule has 0 fully saturated rings. The third-order valence-corrected chi connectivity index (χ3v) is 17.2. The summed E-state index contributed by atoms with van der Waals surface area (Å²) >= 11 is 0. The normalized spacial score (nSPS) is 14.5. The Morgan fingerprint density at radius 3 is 0.785 bits per heavy atom. The van der Waals surface area contributed by atoms with E-state index < -0.39 is 0 Å². The van der Waals surface area contributed by atoms with Gasteiger partial charge >= 0.3 is 0 Å². The number of methoxy groups -OCH3 is 2. The van der Waals surface area contributed by atoms with Crippen molar-refractivity contribution in [3.8, 4) is 44.9 Å². The number of fused-ring (bicyclic) bond motifs is 9. The fraction of sp³-hybridized carbons (Fsp3) is 0.147. The zero-order chi connectivity index (χ0) is 54.2. The van der Waals surface area contributed by atoms with Gasteiger partial charge in [-0.15, -0.1) is 0 Å². The molecule has 0 atom stereocenters. The Balaban J connectivity index is 0.727. The van der Waals surface area contributed by atoms with Gasteiger partial charge in [0.2, 0.25) is 0 Å². The van der Waals surface area contributed by atoms with E-state index in [0.29, 0.717) is 0 Å². The van der Waals surface area contributed by atoms with Gasteiger partial charge in [0.15, 0.2) is 0 Å². The van der Waals surface area contributed by atoms with Crippen molar-refractivity contribution >= 4 is 58.4 Å². The van der Waals surface area contributed by atoms with Crippen molar-refractivity contribution in [2.45, 2.75) is 57.8 Å². The Morgan fingerprint density at radius 1 is 0.266 bits per heavy atom. The van der Waals surface area contributed by atoms with Crippen LogP contribution in [0.2, 0.25) is 0 Å². The molecule has 0 bridgehead atoms. The minimum Gasteiger partial charge on any atom is -0.497 e. The highest BCUT2D eigenvalue weighted by Gasteiger charge is 2.39. The first kappa shape index (κ1) is 49.5. The van der Waals surface area contributed by atoms with Crippen molar-refractivity contribution in [1.82, 2.24) is 0 Å². The average Bonchev–Trinajstić information content (AvgIpc) is 4.15. The van der Waals surface area contributed by atoms with Crippen molar-refractivity contribution in [2.75, 3.05) is 24.0 Å². The first-order valence-electron chi connectivity index (χ1n) is 27.5. The lowest BCUT2D eigenvalue weighted by Gasteiger charge is -2.28. The van der Waals surface area contributed by atoms with Gasteiger partial charge in [-0.05, 0) is 186 Å². The minimum atomic E-state index is -0.189. The van der Waals surface area contributed by atoms with E-state index in [4.69, 9.17) is 9.47 Å². The van der Waals surface area contributed by atoms with Gasteiger partial charge in [0.25, 0.3) is 0 Å². The molecule has 0 radical (unpaired) electrons. The summed E-state index contributed by atoms with van der Waals surface area (Å²) in [6.45, 7) is 14.2. The number of hydrogen-bond donors (Lipinski definition) is 0. The van der Waals surface area contributed by atoms with E-state index in [-0.39, 0.29) is 16.2 Å². The molecule has 3 aliphatic rings. The van der Waals surface area contributed by atoms with E-state index in [1.54, 1.807) is 14.2 Å². The summed E-state index contributed by atoms with van der Waals surface area (Å²) in [7, 11) is 3.42. The molecule has 0 heterocycles. The lowest BCUT2D eigenvalue weighted by atomic mass is 9.81. The number of benzene rings is 10. The maximum absolute atomic E-state index is 5.51. The number of anilines is 6. The molecule has 0 aliphatic heterocycles. The van der Waals surface area contributed by atoms with Crippen LogP contribution in [-0.2, 0) is 16.2 Å². The fourth-order valence-electron chi connectivity index (χ4n) is 12.8. The molecule has 10 aromatic rings. The Bertz CT molecular complexity index is 3790. The number of ether oxygens (including phenoxy) is 2. The first-order valence-corrected chi connectivity index (χ1v) is 27.5. The summed E-state index contributed by atoms with van der Waals surface area (Å²) < 4.78 is 11.0. The molecule has 0 N–H and O–H groups in total. The van der Waals surface area contributed by atoms with Crippen molar-refractivity contribution in [1.29, 1.82) is 0 Å². The number of rotatable bonds is 12. The third-order valence-electron chi connectivity index (χ3n) is 17.2. The van der Waals surface area contributed by atoms with Gasteiger partial charge in [0.1, 0.15) is 11.5 Å². The summed E-state index contributed by atoms with van der Waals surface area (Å²) in [5.41, 5.74) is 26.9. The number of para-hydroxylation sites is 2. The van der Waals surface area contributed by atoms with Crippen LogP contribution >= 0.6 is 0 Å². The van der Waals surface area contributed by atoms with Crippen LogP contribution in [0.4, 0.5) is 34.1 Å². The van der Waals surface area contributed by atoms with Crippen LogP contribution in [0.1, 0.15) is 97.2 Å². The monoisotopic (exact) mass is 1020 g/mol. The van der Waals surface area contributed by atoms with E-state index in [9.17, 15) is 0 Å². The van der Waals surface area contributed by atoms with Crippen molar-refractivity contribution in [3.05, 3.63) is 274 Å². The highest BCUT2D eigenvalue weighted by Crippen LogP contribution is 2.54. The summed E-state index contributed by atoms with van der Waals surface area (Å²) in [5.74, 6) is 1.68. The molecule has 0 saturated heterocycles. The molecule has 79 heavy (non-hydrogen) atoms. The third kappa shape index (κ3) is 8.46. The fourth-order valence-corrected chi connectivity index (χ4v) is 12.8. The molecule has 0 spiro atoms. The summed E-state index contributed by atoms with van der Waals surface area (Å²) in [4.78, 5) is 4.66. The van der Waals surface area contributed by atoms with Gasteiger partial charge in [-0.3, -0.25) is 0 Å². The van der Waals surface area contributed by atoms with Crippen LogP contribution in [0.25, 0.3) is 57.7 Å². The second-order valence-corrected chi connectivity index (χ2v) is 23.0. The Morgan fingerprint density at radius 2 is 0.506 bits per heavy atom. The maximum atomic E-state index is 5.51. The first-order chi connectivity index (χ1) is 38.3. The zero-order valence-electron chi connectivity index (χ0n) is 46.3. The molecule has 4 heteroatoms. The minimum absolute atomic E-state index is 0.157. The summed E-state index contributed by atoms with van der Waals surface area (Å²) in [6.07, 6.45) is 9.13. The van der Waals surface area contributed by atoms with E-state index in [0.717, 1.165) is 45.6 Å². The molecule has 0 amide bonds. The van der Waals surface area contributed by atoms with Gasteiger partial charge in [0, 0.05) is 50.4 Å². The van der Waals surface area contributed by atoms with E-state index in [2.05, 4.69) is 270 Å². The van der Waals surface area contributed by atoms with Crippen LogP contribution < -0.4 is 19.3 Å². The molecule has 386 valence electrons. The standard InChI is InChI=1S/C75H64N2O2/c1-73(2)67-43-49(19-21-51-25-39-63-65-41-31-57(47-71(65)74(3,4)69(63)45-51)76(53-15-11-9-12-16-53)55-27-33-59(78-7)34-28-55)23-37-61(67)62-38-24-50(44-68(62)73)20-22-52-26-40-64-66-42-32-58(48-72(66)75(5,6)70(64)46-52)77(54-17-13-10-14-18-54)56-29-35-60(79-8)36-30-56/h9-48H,1-8H3. The smallest absolute Gasteiger partial charge is 0.119 e. The van der Waals surface area contributed by atoms with Crippen LogP contribution in [0.15, 0.2) is 218 Å². The average molecular weight is 1030 g/mol. The van der Waals surface area contributed by atoms with Gasteiger partial charge in [-0.2, -0.15) is 0 Å². The SMILES string of the molecule is COc1ccc(N(c2ccccc2)c2ccc3c(c2)C(C)(C)c2cc(C=Cc4ccc5c(c4)C(C)(C)c4cc(C=Cc6ccc7c(c6)C(C)(C)c6cc(N(c8ccccc8)c8ccc(OC)cc8)ccc6-7)ccc4-5)ccc2-3)cc1. The Hall–Kier alpha value is -9.12. The van der Waals surface area contributed by atoms with E-state index >= 15 is 0 Å². The highest BCUT2D eigenvalue weighted by molar-refractivity contribution is 5.90. The second-order valence-electron chi connectivity index (χ2n) is 23.0. The zero-order valence-corrected chi connectivity index (χ0v) is 46.3. The predicted molar refractivity (Wildman–Crippen MR) is 332 cm³/mol.